The molecule has 0 aliphatic carbocycles. The van der Waals surface area contributed by atoms with Crippen LogP contribution in [0.2, 0.25) is 10.0 Å². The van der Waals surface area contributed by atoms with Crippen LogP contribution in [-0.4, -0.2) is 24.8 Å². The van der Waals surface area contributed by atoms with Crippen LogP contribution in [0.4, 0.5) is 5.69 Å². The number of thiazole rings is 1. The fourth-order valence-corrected chi connectivity index (χ4v) is 4.47. The number of nitrogens with zero attached hydrogens (tertiary/aromatic N) is 2. The number of nitrogen functional groups attached to an aromatic ring is 1. The number of hydrogen-bond acceptors (Lipinski definition) is 5. The first-order valence-electron chi connectivity index (χ1n) is 5.40. The Labute approximate surface area is 131 Å². The molecule has 1 aromatic heterocycles. The van der Waals surface area contributed by atoms with E-state index in [0.29, 0.717) is 11.4 Å². The molecule has 2 aromatic rings. The van der Waals surface area contributed by atoms with Crippen LogP contribution in [0.25, 0.3) is 0 Å². The molecule has 0 unspecified atom stereocenters. The first-order chi connectivity index (χ1) is 9.32. The summed E-state index contributed by atoms with van der Waals surface area (Å²) in [5, 5.41) is 1.78. The molecule has 9 heteroatoms. The number of aromatic nitrogens is 1. The minimum atomic E-state index is -3.81. The lowest BCUT2D eigenvalue weighted by atomic mass is 10.3. The van der Waals surface area contributed by atoms with Gasteiger partial charge in [-0.3, -0.25) is 0 Å². The highest BCUT2D eigenvalue weighted by molar-refractivity contribution is 7.89. The molecular weight excluding hydrogens is 341 g/mol. The molecule has 5 nitrogen and oxygen atoms in total. The van der Waals surface area contributed by atoms with E-state index < -0.39 is 10.0 Å². The third-order valence-electron chi connectivity index (χ3n) is 2.56. The largest absolute Gasteiger partial charge is 0.399 e. The Morgan fingerprint density at radius 1 is 1.35 bits per heavy atom. The molecule has 0 radical (unpaired) electrons. The molecule has 0 saturated heterocycles. The van der Waals surface area contributed by atoms with Crippen molar-refractivity contribution in [3.05, 3.63) is 38.8 Å². The monoisotopic (exact) mass is 351 g/mol. The number of benzene rings is 1. The zero-order chi connectivity index (χ0) is 14.9. The standard InChI is InChI=1S/C11H11Cl2N3O2S2/c1-16(4-8-5-19-6-15-8)20(17,18)11-9(12)2-7(14)3-10(11)13/h2-3,5-6H,4,14H2,1H3. The van der Waals surface area contributed by atoms with E-state index in [1.807, 2.05) is 0 Å². The van der Waals surface area contributed by atoms with Gasteiger partial charge in [-0.1, -0.05) is 23.2 Å². The molecule has 0 saturated carbocycles. The van der Waals surface area contributed by atoms with Crippen molar-refractivity contribution >= 4 is 50.2 Å². The second-order valence-corrected chi connectivity index (χ2v) is 7.57. The molecule has 2 N–H and O–H groups in total. The van der Waals surface area contributed by atoms with Gasteiger partial charge in [0.15, 0.2) is 0 Å². The summed E-state index contributed by atoms with van der Waals surface area (Å²) >= 11 is 13.3. The van der Waals surface area contributed by atoms with Crippen molar-refractivity contribution in [2.45, 2.75) is 11.4 Å². The normalized spacial score (nSPS) is 12.0. The molecule has 0 aliphatic rings. The number of nitrogens with two attached hydrogens (primary N) is 1. The summed E-state index contributed by atoms with van der Waals surface area (Å²) in [6, 6.07) is 2.72. The topological polar surface area (TPSA) is 76.3 Å². The van der Waals surface area contributed by atoms with E-state index in [1.165, 1.54) is 30.5 Å². The molecule has 0 aliphatic heterocycles. The second kappa shape index (κ2) is 5.87. The highest BCUT2D eigenvalue weighted by atomic mass is 35.5. The predicted molar refractivity (Wildman–Crippen MR) is 81.6 cm³/mol. The molecule has 0 spiro atoms. The average Bonchev–Trinajstić information content (AvgIpc) is 2.79. The Morgan fingerprint density at radius 2 is 1.95 bits per heavy atom. The highest BCUT2D eigenvalue weighted by Crippen LogP contribution is 2.33. The van der Waals surface area contributed by atoms with Gasteiger partial charge in [-0.05, 0) is 12.1 Å². The second-order valence-electron chi connectivity index (χ2n) is 4.05. The van der Waals surface area contributed by atoms with Gasteiger partial charge in [0.05, 0.1) is 27.8 Å². The third-order valence-corrected chi connectivity index (χ3v) is 5.92. The highest BCUT2D eigenvalue weighted by Gasteiger charge is 2.27. The molecule has 108 valence electrons. The van der Waals surface area contributed by atoms with E-state index in [0.717, 1.165) is 4.31 Å². The van der Waals surface area contributed by atoms with Crippen LogP contribution in [0.5, 0.6) is 0 Å². The summed E-state index contributed by atoms with van der Waals surface area (Å²) in [6.07, 6.45) is 0. The number of halogens is 2. The Balaban J connectivity index is 2.40. The number of sulfonamides is 1. The molecule has 0 bridgehead atoms. The van der Waals surface area contributed by atoms with Crippen molar-refractivity contribution < 1.29 is 8.42 Å². The van der Waals surface area contributed by atoms with Crippen molar-refractivity contribution in [3.8, 4) is 0 Å². The van der Waals surface area contributed by atoms with Gasteiger partial charge in [-0.2, -0.15) is 4.31 Å². The number of anilines is 1. The summed E-state index contributed by atoms with van der Waals surface area (Å²) in [5.41, 5.74) is 8.17. The minimum Gasteiger partial charge on any atom is -0.399 e. The van der Waals surface area contributed by atoms with E-state index in [4.69, 9.17) is 28.9 Å². The maximum Gasteiger partial charge on any atom is 0.246 e. The molecular formula is C11H11Cl2N3O2S2. The zero-order valence-corrected chi connectivity index (χ0v) is 13.5. The SMILES string of the molecule is CN(Cc1cscn1)S(=O)(=O)c1c(Cl)cc(N)cc1Cl. The fourth-order valence-electron chi connectivity index (χ4n) is 1.61. The van der Waals surface area contributed by atoms with Gasteiger partial charge >= 0.3 is 0 Å². The van der Waals surface area contributed by atoms with Crippen molar-refractivity contribution in [1.29, 1.82) is 0 Å². The van der Waals surface area contributed by atoms with Gasteiger partial charge in [0.1, 0.15) is 4.90 Å². The Morgan fingerprint density at radius 3 is 2.45 bits per heavy atom. The van der Waals surface area contributed by atoms with Crippen LogP contribution in [0.1, 0.15) is 5.69 Å². The Hall–Kier alpha value is -0.860. The first-order valence-corrected chi connectivity index (χ1v) is 8.54. The molecule has 1 heterocycles. The number of rotatable bonds is 4. The molecule has 20 heavy (non-hydrogen) atoms. The first kappa shape index (κ1) is 15.5. The maximum atomic E-state index is 12.5. The van der Waals surface area contributed by atoms with Crippen molar-refractivity contribution in [3.63, 3.8) is 0 Å². The quantitative estimate of drug-likeness (QED) is 0.859. The summed E-state index contributed by atoms with van der Waals surface area (Å²) < 4.78 is 26.2. The van der Waals surface area contributed by atoms with E-state index in [9.17, 15) is 8.42 Å². The zero-order valence-electron chi connectivity index (χ0n) is 10.4. The summed E-state index contributed by atoms with van der Waals surface area (Å²) in [6.45, 7) is 0.142. The molecule has 0 fully saturated rings. The summed E-state index contributed by atoms with van der Waals surface area (Å²) in [5.74, 6) is 0. The lowest BCUT2D eigenvalue weighted by Gasteiger charge is -2.18. The number of hydrogen-bond donors (Lipinski definition) is 1. The predicted octanol–water partition coefficient (Wildman–Crippen LogP) is 2.85. The van der Waals surface area contributed by atoms with E-state index >= 15 is 0 Å². The third kappa shape index (κ3) is 3.07. The lowest BCUT2D eigenvalue weighted by Crippen LogP contribution is -2.27. The average molecular weight is 352 g/mol. The van der Waals surface area contributed by atoms with Crippen LogP contribution in [0.15, 0.2) is 27.9 Å². The van der Waals surface area contributed by atoms with Crippen LogP contribution in [0.3, 0.4) is 0 Å². The van der Waals surface area contributed by atoms with Gasteiger partial charge in [0.2, 0.25) is 10.0 Å². The molecule has 0 amide bonds. The smallest absolute Gasteiger partial charge is 0.246 e. The van der Waals surface area contributed by atoms with Gasteiger partial charge < -0.3 is 5.73 Å². The van der Waals surface area contributed by atoms with Gasteiger partial charge in [0, 0.05) is 18.1 Å². The van der Waals surface area contributed by atoms with Crippen LogP contribution in [0, 0.1) is 0 Å². The Bertz CT molecular complexity index is 694. The van der Waals surface area contributed by atoms with Crippen molar-refractivity contribution in [1.82, 2.24) is 9.29 Å². The van der Waals surface area contributed by atoms with E-state index in [2.05, 4.69) is 4.98 Å². The maximum absolute atomic E-state index is 12.5. The van der Waals surface area contributed by atoms with E-state index in [1.54, 1.807) is 10.9 Å². The molecule has 2 rings (SSSR count). The molecule has 0 atom stereocenters. The van der Waals surface area contributed by atoms with Crippen molar-refractivity contribution in [2.24, 2.45) is 0 Å². The fraction of sp³-hybridized carbons (Fsp3) is 0.182. The van der Waals surface area contributed by atoms with E-state index in [-0.39, 0.29) is 21.5 Å². The van der Waals surface area contributed by atoms with Gasteiger partial charge in [0.25, 0.3) is 0 Å². The van der Waals surface area contributed by atoms with Gasteiger partial charge in [-0.25, -0.2) is 13.4 Å². The van der Waals surface area contributed by atoms with Crippen molar-refractivity contribution in [2.75, 3.05) is 12.8 Å². The lowest BCUT2D eigenvalue weighted by molar-refractivity contribution is 0.463. The van der Waals surface area contributed by atoms with Crippen LogP contribution >= 0.6 is 34.5 Å². The minimum absolute atomic E-state index is 0.000118. The van der Waals surface area contributed by atoms with Crippen LogP contribution < -0.4 is 5.73 Å². The van der Waals surface area contributed by atoms with Gasteiger partial charge in [-0.15, -0.1) is 11.3 Å². The summed E-state index contributed by atoms with van der Waals surface area (Å²) in [4.78, 5) is 3.90. The van der Waals surface area contributed by atoms with Crippen LogP contribution in [-0.2, 0) is 16.6 Å². The Kier molecular flexibility index (Phi) is 4.55. The summed E-state index contributed by atoms with van der Waals surface area (Å²) in [7, 11) is -2.37. The molecule has 1 aromatic carbocycles.